The third kappa shape index (κ3) is 18300. The Morgan fingerprint density at radius 1 is 0.120 bits per heavy atom. The fourth-order valence-electron chi connectivity index (χ4n) is 0. The van der Waals surface area contributed by atoms with Crippen molar-refractivity contribution in [2.24, 2.45) is 0 Å². The summed E-state index contributed by atoms with van der Waals surface area (Å²) in [5, 5.41) is 258. The molecule has 0 aromatic carbocycles. The van der Waals surface area contributed by atoms with Crippen molar-refractivity contribution in [2.45, 2.75) is 0 Å². The van der Waals surface area contributed by atoms with Gasteiger partial charge in [0.05, 0.1) is 0 Å². The van der Waals surface area contributed by atoms with Crippen LogP contribution in [0.4, 0.5) is 0 Å². The Kier molecular flexibility index (Phi) is 167. The molecule has 0 rings (SSSR count). The van der Waals surface area contributed by atoms with E-state index in [1.54, 1.807) is 0 Å². The van der Waals surface area contributed by atoms with Gasteiger partial charge in [-0.3, -0.25) is 0 Å². The maximum Gasteiger partial charge on any atom is 1.00 e. The third-order valence-electron chi connectivity index (χ3n) is 0. The summed E-state index contributed by atoms with van der Waals surface area (Å²) in [7, 11) is -26.0. The molecule has 0 heterocycles. The molecule has 0 fully saturated rings. The van der Waals surface area contributed by atoms with Crippen LogP contribution in [0, 0.1) is 0 Å². The zero-order valence-corrected chi connectivity index (χ0v) is 31.3. The van der Waals surface area contributed by atoms with Crippen LogP contribution in [-0.4, -0.2) is 269 Å². The van der Waals surface area contributed by atoms with Crippen LogP contribution >= 0.6 is 0 Å². The molecule has 0 aromatic rings. The van der Waals surface area contributed by atoms with Crippen molar-refractivity contribution in [1.82, 2.24) is 0 Å². The van der Waals surface area contributed by atoms with Crippen molar-refractivity contribution in [3.05, 3.63) is 0 Å². The van der Waals surface area contributed by atoms with Crippen molar-refractivity contribution >= 4 is 87.9 Å². The molecule has 0 aliphatic carbocycles. The Morgan fingerprint density at radius 2 is 0.120 bits per heavy atom. The van der Waals surface area contributed by atoms with Gasteiger partial charge in [-0.25, -0.2) is 0 Å². The molecule has 36 N–H and O–H groups in total. The molecule has 0 saturated heterocycles. The molecule has 0 aromatic heterocycles. The molecule has 36 nitrogen and oxygen atoms in total. The Morgan fingerprint density at radius 3 is 0.120 bits per heavy atom. The van der Waals surface area contributed by atoms with E-state index < -0.39 is 87.9 Å². The first-order valence-electron chi connectivity index (χ1n) is 9.30. The molecular formula is H38B12K2O36. The SMILES string of the molecule is OB(O)O.OB(O)O.OB(O)O.OB(O)O.OB(O)O.OB(O)O.OB(O)O.OB(O)O.OB(O)O.OB(O)O.OB(O)O.OB(O)O.[H-].[H-].[K+].[K+]. The maximum atomic E-state index is 7.17. The predicted molar refractivity (Wildman–Crippen MR) is 151 cm³/mol. The summed E-state index contributed by atoms with van der Waals surface area (Å²) in [5.74, 6) is 0. The minimum atomic E-state index is -2.17. The summed E-state index contributed by atoms with van der Waals surface area (Å²) < 4.78 is 0. The van der Waals surface area contributed by atoms with E-state index in [4.69, 9.17) is 181 Å². The molecule has 0 aliphatic rings. The fraction of sp³-hybridized carbons (Fsp3) is 0. The summed E-state index contributed by atoms with van der Waals surface area (Å²) in [4.78, 5) is 0. The molecule has 0 spiro atoms. The summed E-state index contributed by atoms with van der Waals surface area (Å²) in [6.07, 6.45) is 0. The predicted octanol–water partition coefficient (Wildman–Crippen LogP) is -30.4. The van der Waals surface area contributed by atoms with Crippen LogP contribution in [0.5, 0.6) is 0 Å². The molecule has 0 saturated carbocycles. The Balaban J connectivity index is -0.0000000193. The van der Waals surface area contributed by atoms with E-state index in [1.807, 2.05) is 0 Å². The quantitative estimate of drug-likeness (QED) is 0.101. The second-order valence-corrected chi connectivity index (χ2v) is 4.16. The van der Waals surface area contributed by atoms with Crippen molar-refractivity contribution in [3.63, 3.8) is 0 Å². The Labute approximate surface area is 370 Å². The zero-order chi connectivity index (χ0) is 42.9. The second kappa shape index (κ2) is 88.7. The topological polar surface area (TPSA) is 728 Å². The summed E-state index contributed by atoms with van der Waals surface area (Å²) >= 11 is 0. The zero-order valence-electron chi connectivity index (χ0n) is 27.0. The van der Waals surface area contributed by atoms with Gasteiger partial charge in [0.1, 0.15) is 0 Å². The van der Waals surface area contributed by atoms with Gasteiger partial charge >= 0.3 is 191 Å². The van der Waals surface area contributed by atoms with E-state index in [1.165, 1.54) is 0 Å². The van der Waals surface area contributed by atoms with Gasteiger partial charge in [0.2, 0.25) is 0 Å². The standard InChI is InChI=1S/12BH3O3.2K.2H/c12*2-1(3)4;;;;/h12*2-4H;;;;/q;;;;;;;;;;;;2*+1;2*-1. The number of rotatable bonds is 0. The summed E-state index contributed by atoms with van der Waals surface area (Å²) in [6, 6.07) is 0. The van der Waals surface area contributed by atoms with Gasteiger partial charge < -0.3 is 184 Å². The third-order valence-corrected chi connectivity index (χ3v) is 0. The van der Waals surface area contributed by atoms with Crippen LogP contribution in [0.2, 0.25) is 0 Å². The van der Waals surface area contributed by atoms with Crippen LogP contribution in [0.3, 0.4) is 0 Å². The molecule has 50 heavy (non-hydrogen) atoms. The first-order chi connectivity index (χ1) is 20.8. The van der Waals surface area contributed by atoms with Gasteiger partial charge in [0.15, 0.2) is 0 Å². The monoisotopic (exact) mass is 824 g/mol. The van der Waals surface area contributed by atoms with Gasteiger partial charge in [-0.05, 0) is 0 Å². The van der Waals surface area contributed by atoms with Gasteiger partial charge in [-0.1, -0.05) is 0 Å². The van der Waals surface area contributed by atoms with E-state index in [2.05, 4.69) is 0 Å². The van der Waals surface area contributed by atoms with Crippen molar-refractivity contribution in [3.8, 4) is 0 Å². The Bertz CT molecular complexity index is 249. The normalized spacial score (nSPS) is 6.48. The van der Waals surface area contributed by atoms with Gasteiger partial charge in [0, 0.05) is 0 Å². The molecule has 0 amide bonds. The van der Waals surface area contributed by atoms with Gasteiger partial charge in [-0.2, -0.15) is 0 Å². The van der Waals surface area contributed by atoms with Crippen LogP contribution < -0.4 is 103 Å². The van der Waals surface area contributed by atoms with Crippen molar-refractivity contribution < 1.29 is 286 Å². The van der Waals surface area contributed by atoms with E-state index in [0.717, 1.165) is 0 Å². The first kappa shape index (κ1) is 94.0. The number of hydrogen-bond donors (Lipinski definition) is 36. The minimum Gasteiger partial charge on any atom is -1.00 e. The van der Waals surface area contributed by atoms with E-state index >= 15 is 0 Å². The molecule has 0 aliphatic heterocycles. The van der Waals surface area contributed by atoms with E-state index in [9.17, 15) is 0 Å². The largest absolute Gasteiger partial charge is 1.00 e. The smallest absolute Gasteiger partial charge is 1.00 e. The molecule has 0 bridgehead atoms. The van der Waals surface area contributed by atoms with Crippen molar-refractivity contribution in [1.29, 1.82) is 0 Å². The van der Waals surface area contributed by atoms with E-state index in [0.29, 0.717) is 0 Å². The van der Waals surface area contributed by atoms with Crippen LogP contribution in [0.1, 0.15) is 2.85 Å². The molecule has 0 radical (unpaired) electrons. The Hall–Kier alpha value is 2.61. The van der Waals surface area contributed by atoms with Crippen LogP contribution in [-0.2, 0) is 0 Å². The van der Waals surface area contributed by atoms with Crippen molar-refractivity contribution in [2.75, 3.05) is 0 Å². The summed E-state index contributed by atoms with van der Waals surface area (Å²) in [5.41, 5.74) is 0. The molecule has 0 atom stereocenters. The average Bonchev–Trinajstić information content (AvgIpc) is 2.61. The fourth-order valence-corrected chi connectivity index (χ4v) is 0. The average molecular weight is 822 g/mol. The maximum absolute atomic E-state index is 7.17. The molecular weight excluding hydrogens is 784 g/mol. The van der Waals surface area contributed by atoms with E-state index in [-0.39, 0.29) is 106 Å². The van der Waals surface area contributed by atoms with Crippen LogP contribution in [0.15, 0.2) is 0 Å². The first-order valence-corrected chi connectivity index (χ1v) is 9.30. The van der Waals surface area contributed by atoms with Gasteiger partial charge in [0.25, 0.3) is 0 Å². The summed E-state index contributed by atoms with van der Waals surface area (Å²) in [6.45, 7) is 0. The second-order valence-electron chi connectivity index (χ2n) is 4.16. The number of hydrogen-bond acceptors (Lipinski definition) is 36. The molecule has 0 unspecified atom stereocenters. The molecule has 50 heteroatoms. The minimum absolute atomic E-state index is 0. The van der Waals surface area contributed by atoms with Gasteiger partial charge in [-0.15, -0.1) is 0 Å². The molecule has 292 valence electrons. The van der Waals surface area contributed by atoms with Crippen LogP contribution in [0.25, 0.3) is 0 Å².